The summed E-state index contributed by atoms with van der Waals surface area (Å²) in [4.78, 5) is 15.8. The van der Waals surface area contributed by atoms with E-state index in [2.05, 4.69) is 10.3 Å². The third-order valence-corrected chi connectivity index (χ3v) is 3.02. The average molecular weight is 198 g/mol. The Bertz CT molecular complexity index is 306. The van der Waals surface area contributed by atoms with E-state index >= 15 is 0 Å². The molecule has 0 amide bonds. The van der Waals surface area contributed by atoms with Crippen LogP contribution in [0.1, 0.15) is 17.7 Å². The first-order chi connectivity index (χ1) is 6.23. The largest absolute Gasteiger partial charge is 0.480 e. The highest BCUT2D eigenvalue weighted by molar-refractivity contribution is 7.09. The Morgan fingerprint density at radius 2 is 2.54 bits per heavy atom. The Morgan fingerprint density at radius 1 is 1.77 bits per heavy atom. The fraction of sp³-hybridized carbons (Fsp3) is 0.500. The molecule has 1 fully saturated rings. The number of aromatic nitrogens is 1. The zero-order chi connectivity index (χ0) is 9.31. The van der Waals surface area contributed by atoms with Gasteiger partial charge in [0.2, 0.25) is 0 Å². The first kappa shape index (κ1) is 8.65. The summed E-state index contributed by atoms with van der Waals surface area (Å²) >= 11 is 1.54. The highest BCUT2D eigenvalue weighted by atomic mass is 32.1. The van der Waals surface area contributed by atoms with Gasteiger partial charge in [0.05, 0.1) is 5.51 Å². The maximum Gasteiger partial charge on any atom is 0.323 e. The number of carboxylic acids is 1. The van der Waals surface area contributed by atoms with E-state index in [0.717, 1.165) is 17.7 Å². The molecule has 0 aromatic carbocycles. The van der Waals surface area contributed by atoms with Crippen LogP contribution in [0, 0.1) is 0 Å². The molecule has 1 aromatic rings. The summed E-state index contributed by atoms with van der Waals surface area (Å²) in [7, 11) is 0. The van der Waals surface area contributed by atoms with Crippen LogP contribution < -0.4 is 5.32 Å². The highest BCUT2D eigenvalue weighted by Crippen LogP contribution is 2.35. The smallest absolute Gasteiger partial charge is 0.323 e. The van der Waals surface area contributed by atoms with Crippen LogP contribution in [0.25, 0.3) is 0 Å². The molecule has 2 N–H and O–H groups in total. The van der Waals surface area contributed by atoms with Crippen molar-refractivity contribution in [2.45, 2.75) is 24.9 Å². The van der Waals surface area contributed by atoms with Crippen molar-refractivity contribution in [3.8, 4) is 0 Å². The summed E-state index contributed by atoms with van der Waals surface area (Å²) < 4.78 is 0. The Balaban J connectivity index is 1.90. The van der Waals surface area contributed by atoms with Gasteiger partial charge in [0.25, 0.3) is 0 Å². The molecule has 1 aliphatic carbocycles. The fourth-order valence-electron chi connectivity index (χ4n) is 1.18. The molecule has 0 atom stereocenters. The van der Waals surface area contributed by atoms with E-state index < -0.39 is 11.5 Å². The molecule has 1 heterocycles. The number of hydrogen-bond donors (Lipinski definition) is 2. The highest BCUT2D eigenvalue weighted by Gasteiger charge is 2.49. The Labute approximate surface area is 79.6 Å². The van der Waals surface area contributed by atoms with E-state index in [1.807, 2.05) is 0 Å². The molecule has 0 spiro atoms. The summed E-state index contributed by atoms with van der Waals surface area (Å²) in [5.74, 6) is -0.739. The number of carbonyl (C=O) groups is 1. The number of nitrogens with one attached hydrogen (secondary N) is 1. The number of hydrogen-bond acceptors (Lipinski definition) is 4. The normalized spacial score (nSPS) is 18.5. The second kappa shape index (κ2) is 3.08. The summed E-state index contributed by atoms with van der Waals surface area (Å²) in [6.45, 7) is 0.608. The zero-order valence-electron chi connectivity index (χ0n) is 6.99. The van der Waals surface area contributed by atoms with Crippen LogP contribution in [0.4, 0.5) is 0 Å². The van der Waals surface area contributed by atoms with Crippen molar-refractivity contribution in [3.63, 3.8) is 0 Å². The summed E-state index contributed by atoms with van der Waals surface area (Å²) in [5, 5.41) is 11.9. The SMILES string of the molecule is O=C(O)C1(NCc2cncs2)CC1. The quantitative estimate of drug-likeness (QED) is 0.753. The molecular weight excluding hydrogens is 188 g/mol. The molecule has 1 aliphatic rings. The second-order valence-electron chi connectivity index (χ2n) is 3.21. The van der Waals surface area contributed by atoms with E-state index in [9.17, 15) is 4.79 Å². The number of carboxylic acid groups (broad SMARTS) is 1. The monoisotopic (exact) mass is 198 g/mol. The maximum absolute atomic E-state index is 10.8. The van der Waals surface area contributed by atoms with Gasteiger partial charge in [-0.05, 0) is 12.8 Å². The number of aliphatic carboxylic acids is 1. The molecule has 70 valence electrons. The average Bonchev–Trinajstić information content (AvgIpc) is 2.73. The lowest BCUT2D eigenvalue weighted by molar-refractivity contribution is -0.140. The van der Waals surface area contributed by atoms with Crippen molar-refractivity contribution in [2.75, 3.05) is 0 Å². The van der Waals surface area contributed by atoms with Gasteiger partial charge in [0.15, 0.2) is 0 Å². The van der Waals surface area contributed by atoms with E-state index in [-0.39, 0.29) is 0 Å². The van der Waals surface area contributed by atoms with Crippen LogP contribution in [0.15, 0.2) is 11.7 Å². The number of nitrogens with zero attached hydrogens (tertiary/aromatic N) is 1. The molecule has 1 aromatic heterocycles. The van der Waals surface area contributed by atoms with Crippen LogP contribution in [-0.2, 0) is 11.3 Å². The van der Waals surface area contributed by atoms with Crippen LogP contribution in [0.3, 0.4) is 0 Å². The molecule has 5 heteroatoms. The van der Waals surface area contributed by atoms with Gasteiger partial charge in [-0.3, -0.25) is 15.1 Å². The van der Waals surface area contributed by atoms with Crippen LogP contribution in [-0.4, -0.2) is 21.6 Å². The van der Waals surface area contributed by atoms with Gasteiger partial charge in [0, 0.05) is 17.6 Å². The van der Waals surface area contributed by atoms with Gasteiger partial charge >= 0.3 is 5.97 Å². The van der Waals surface area contributed by atoms with Crippen molar-refractivity contribution >= 4 is 17.3 Å². The van der Waals surface area contributed by atoms with E-state index in [1.165, 1.54) is 11.3 Å². The molecule has 0 radical (unpaired) electrons. The predicted molar refractivity (Wildman–Crippen MR) is 48.6 cm³/mol. The molecule has 0 saturated heterocycles. The first-order valence-electron chi connectivity index (χ1n) is 4.09. The summed E-state index contributed by atoms with van der Waals surface area (Å²) in [5.41, 5.74) is 1.11. The zero-order valence-corrected chi connectivity index (χ0v) is 7.80. The van der Waals surface area contributed by atoms with E-state index in [4.69, 9.17) is 5.11 Å². The lowest BCUT2D eigenvalue weighted by atomic mass is 10.3. The minimum absolute atomic E-state index is 0.608. The van der Waals surface area contributed by atoms with Crippen molar-refractivity contribution in [3.05, 3.63) is 16.6 Å². The van der Waals surface area contributed by atoms with Crippen molar-refractivity contribution in [2.24, 2.45) is 0 Å². The van der Waals surface area contributed by atoms with Gasteiger partial charge in [-0.15, -0.1) is 11.3 Å². The van der Waals surface area contributed by atoms with Crippen LogP contribution >= 0.6 is 11.3 Å². The number of thiazole rings is 1. The van der Waals surface area contributed by atoms with Crippen molar-refractivity contribution < 1.29 is 9.90 Å². The minimum atomic E-state index is -0.739. The minimum Gasteiger partial charge on any atom is -0.480 e. The van der Waals surface area contributed by atoms with Crippen molar-refractivity contribution in [1.29, 1.82) is 0 Å². The third kappa shape index (κ3) is 1.71. The summed E-state index contributed by atoms with van der Waals surface area (Å²) in [6.07, 6.45) is 3.23. The first-order valence-corrected chi connectivity index (χ1v) is 4.97. The van der Waals surface area contributed by atoms with Gasteiger partial charge in [0.1, 0.15) is 5.54 Å². The molecular formula is C8H10N2O2S. The Hall–Kier alpha value is -0.940. The summed E-state index contributed by atoms with van der Waals surface area (Å²) in [6, 6.07) is 0. The second-order valence-corrected chi connectivity index (χ2v) is 4.18. The predicted octanol–water partition coefficient (Wildman–Crippen LogP) is 0.850. The Morgan fingerprint density at radius 3 is 3.00 bits per heavy atom. The third-order valence-electron chi connectivity index (χ3n) is 2.24. The van der Waals surface area contributed by atoms with Gasteiger partial charge in [-0.2, -0.15) is 0 Å². The molecule has 1 saturated carbocycles. The Kier molecular flexibility index (Phi) is 2.05. The lowest BCUT2D eigenvalue weighted by Crippen LogP contribution is -2.38. The lowest BCUT2D eigenvalue weighted by Gasteiger charge is -2.10. The molecule has 2 rings (SSSR count). The standard InChI is InChI=1S/C8H10N2O2S/c11-7(12)8(1-2-8)10-4-6-3-9-5-13-6/h3,5,10H,1-2,4H2,(H,11,12). The fourth-order valence-corrected chi connectivity index (χ4v) is 1.71. The van der Waals surface area contributed by atoms with E-state index in [0.29, 0.717) is 6.54 Å². The van der Waals surface area contributed by atoms with Gasteiger partial charge in [-0.25, -0.2) is 0 Å². The van der Waals surface area contributed by atoms with E-state index in [1.54, 1.807) is 11.7 Å². The topological polar surface area (TPSA) is 62.2 Å². The number of rotatable bonds is 4. The molecule has 4 nitrogen and oxygen atoms in total. The van der Waals surface area contributed by atoms with Crippen molar-refractivity contribution in [1.82, 2.24) is 10.3 Å². The molecule has 13 heavy (non-hydrogen) atoms. The van der Waals surface area contributed by atoms with Crippen LogP contribution in [0.5, 0.6) is 0 Å². The molecule has 0 bridgehead atoms. The molecule has 0 aliphatic heterocycles. The maximum atomic E-state index is 10.8. The molecule has 0 unspecified atom stereocenters. The van der Waals surface area contributed by atoms with Crippen LogP contribution in [0.2, 0.25) is 0 Å². The van der Waals surface area contributed by atoms with Gasteiger partial charge in [-0.1, -0.05) is 0 Å². The van der Waals surface area contributed by atoms with Gasteiger partial charge < -0.3 is 5.11 Å².